The Kier molecular flexibility index (Phi) is 5.39. The van der Waals surface area contributed by atoms with Crippen molar-refractivity contribution in [2.75, 3.05) is 13.1 Å². The van der Waals surface area contributed by atoms with E-state index in [1.54, 1.807) is 0 Å². The topological polar surface area (TPSA) is 70.6 Å². The van der Waals surface area contributed by atoms with E-state index in [2.05, 4.69) is 26.6 Å². The summed E-state index contributed by atoms with van der Waals surface area (Å²) in [5.41, 5.74) is 0. The maximum Gasteiger partial charge on any atom is 0.237 e. The summed E-state index contributed by atoms with van der Waals surface area (Å²) in [5.74, 6) is 0.660. The van der Waals surface area contributed by atoms with Crippen molar-refractivity contribution in [3.05, 3.63) is 28.7 Å². The maximum absolute atomic E-state index is 11.9. The quantitative estimate of drug-likeness (QED) is 0.748. The maximum atomic E-state index is 11.9. The second-order valence-corrected chi connectivity index (χ2v) is 5.81. The summed E-state index contributed by atoms with van der Waals surface area (Å²) in [5, 5.41) is 15.2. The van der Waals surface area contributed by atoms with Gasteiger partial charge in [-0.25, -0.2) is 0 Å². The number of hydrogen-bond acceptors (Lipinski definition) is 4. The first-order valence-electron chi connectivity index (χ1n) is 6.66. The molecule has 1 aromatic carbocycles. The molecule has 5 nitrogen and oxygen atoms in total. The number of amides is 1. The summed E-state index contributed by atoms with van der Waals surface area (Å²) in [7, 11) is 0. The van der Waals surface area contributed by atoms with Gasteiger partial charge in [0.2, 0.25) is 5.91 Å². The standard InChI is InChI=1S/C14H19BrN2O3/c1-9(20-13-5-3-2-4-11(13)15)7-17-14(19)12-6-10(18)8-16-12/h2-5,9-10,12,16,18H,6-8H2,1H3,(H,17,19). The fourth-order valence-electron chi connectivity index (χ4n) is 2.08. The van der Waals surface area contributed by atoms with Crippen LogP contribution in [0.25, 0.3) is 0 Å². The van der Waals surface area contributed by atoms with Crippen molar-refractivity contribution in [3.8, 4) is 5.75 Å². The van der Waals surface area contributed by atoms with Crippen LogP contribution in [0.2, 0.25) is 0 Å². The Morgan fingerprint density at radius 2 is 2.35 bits per heavy atom. The molecule has 3 atom stereocenters. The molecular weight excluding hydrogens is 324 g/mol. The van der Waals surface area contributed by atoms with Gasteiger partial charge in [-0.3, -0.25) is 4.79 Å². The molecule has 0 aliphatic carbocycles. The summed E-state index contributed by atoms with van der Waals surface area (Å²) in [4.78, 5) is 11.9. The molecule has 1 aliphatic heterocycles. The number of halogens is 1. The third kappa shape index (κ3) is 4.19. The monoisotopic (exact) mass is 342 g/mol. The number of β-amino-alcohol motifs (C(OH)–C–C–N with tert-alkyl or cyclic N) is 1. The van der Waals surface area contributed by atoms with Gasteiger partial charge in [-0.15, -0.1) is 0 Å². The van der Waals surface area contributed by atoms with Gasteiger partial charge in [0.1, 0.15) is 11.9 Å². The Morgan fingerprint density at radius 3 is 3.00 bits per heavy atom. The van der Waals surface area contributed by atoms with Gasteiger partial charge >= 0.3 is 0 Å². The minimum absolute atomic E-state index is 0.0934. The van der Waals surface area contributed by atoms with Crippen LogP contribution in [0.3, 0.4) is 0 Å². The predicted molar refractivity (Wildman–Crippen MR) is 79.7 cm³/mol. The van der Waals surface area contributed by atoms with E-state index in [0.29, 0.717) is 19.5 Å². The fraction of sp³-hybridized carbons (Fsp3) is 0.500. The highest BCUT2D eigenvalue weighted by molar-refractivity contribution is 9.10. The van der Waals surface area contributed by atoms with Crippen LogP contribution < -0.4 is 15.4 Å². The van der Waals surface area contributed by atoms with Crippen LogP contribution in [0, 0.1) is 0 Å². The van der Waals surface area contributed by atoms with E-state index in [4.69, 9.17) is 4.74 Å². The van der Waals surface area contributed by atoms with Crippen LogP contribution in [0.15, 0.2) is 28.7 Å². The smallest absolute Gasteiger partial charge is 0.237 e. The number of nitrogens with one attached hydrogen (secondary N) is 2. The Bertz CT molecular complexity index is 469. The first-order chi connectivity index (χ1) is 9.56. The molecule has 1 aliphatic rings. The SMILES string of the molecule is CC(CNC(=O)C1CC(O)CN1)Oc1ccccc1Br. The molecule has 0 aromatic heterocycles. The van der Waals surface area contributed by atoms with Crippen molar-refractivity contribution in [1.82, 2.24) is 10.6 Å². The zero-order valence-electron chi connectivity index (χ0n) is 11.3. The van der Waals surface area contributed by atoms with Crippen molar-refractivity contribution in [2.24, 2.45) is 0 Å². The number of carbonyl (C=O) groups is 1. The van der Waals surface area contributed by atoms with Gasteiger partial charge in [0.15, 0.2) is 0 Å². The van der Waals surface area contributed by atoms with E-state index in [-0.39, 0.29) is 18.1 Å². The normalized spacial score (nSPS) is 23.4. The highest BCUT2D eigenvalue weighted by atomic mass is 79.9. The number of aliphatic hydroxyl groups is 1. The summed E-state index contributed by atoms with van der Waals surface area (Å²) in [6.07, 6.45) is -0.102. The van der Waals surface area contributed by atoms with Crippen LogP contribution in [0.4, 0.5) is 0 Å². The molecule has 1 amide bonds. The molecule has 6 heteroatoms. The van der Waals surface area contributed by atoms with Crippen molar-refractivity contribution >= 4 is 21.8 Å². The molecule has 0 saturated carbocycles. The second-order valence-electron chi connectivity index (χ2n) is 4.95. The lowest BCUT2D eigenvalue weighted by Crippen LogP contribution is -2.43. The van der Waals surface area contributed by atoms with Gasteiger partial charge in [0.05, 0.1) is 23.2 Å². The molecule has 3 unspecified atom stereocenters. The molecule has 0 bridgehead atoms. The first-order valence-corrected chi connectivity index (χ1v) is 7.46. The largest absolute Gasteiger partial charge is 0.488 e. The number of hydrogen-bond donors (Lipinski definition) is 3. The molecule has 2 rings (SSSR count). The lowest BCUT2D eigenvalue weighted by molar-refractivity contribution is -0.123. The third-order valence-electron chi connectivity index (χ3n) is 3.15. The van der Waals surface area contributed by atoms with Crippen molar-refractivity contribution < 1.29 is 14.6 Å². The van der Waals surface area contributed by atoms with Gasteiger partial charge in [-0.1, -0.05) is 12.1 Å². The number of aliphatic hydroxyl groups excluding tert-OH is 1. The van der Waals surface area contributed by atoms with Crippen LogP contribution in [-0.2, 0) is 4.79 Å². The number of benzene rings is 1. The summed E-state index contributed by atoms with van der Waals surface area (Å²) < 4.78 is 6.64. The molecule has 0 radical (unpaired) electrons. The summed E-state index contributed by atoms with van der Waals surface area (Å²) >= 11 is 3.42. The Hall–Kier alpha value is -1.11. The fourth-order valence-corrected chi connectivity index (χ4v) is 2.46. The number of carbonyl (C=O) groups excluding carboxylic acids is 1. The van der Waals surface area contributed by atoms with Crippen molar-refractivity contribution in [1.29, 1.82) is 0 Å². The van der Waals surface area contributed by atoms with Gasteiger partial charge in [-0.05, 0) is 41.4 Å². The Morgan fingerprint density at radius 1 is 1.60 bits per heavy atom. The minimum Gasteiger partial charge on any atom is -0.488 e. The third-order valence-corrected chi connectivity index (χ3v) is 3.81. The summed E-state index contributed by atoms with van der Waals surface area (Å²) in [6, 6.07) is 7.29. The molecule has 1 fully saturated rings. The molecular formula is C14H19BrN2O3. The van der Waals surface area contributed by atoms with E-state index in [9.17, 15) is 9.90 Å². The van der Waals surface area contributed by atoms with Crippen LogP contribution in [0.5, 0.6) is 5.75 Å². The van der Waals surface area contributed by atoms with E-state index >= 15 is 0 Å². The zero-order valence-corrected chi connectivity index (χ0v) is 12.9. The molecule has 1 aromatic rings. The highest BCUT2D eigenvalue weighted by Crippen LogP contribution is 2.24. The predicted octanol–water partition coefficient (Wildman–Crippen LogP) is 1.06. The van der Waals surface area contributed by atoms with Gasteiger partial charge in [0.25, 0.3) is 0 Å². The lowest BCUT2D eigenvalue weighted by atomic mass is 10.2. The minimum atomic E-state index is -0.431. The molecule has 0 spiro atoms. The van der Waals surface area contributed by atoms with Crippen LogP contribution >= 0.6 is 15.9 Å². The average Bonchev–Trinajstić information content (AvgIpc) is 2.85. The van der Waals surface area contributed by atoms with Gasteiger partial charge in [-0.2, -0.15) is 0 Å². The Balaban J connectivity index is 1.76. The van der Waals surface area contributed by atoms with E-state index in [0.717, 1.165) is 10.2 Å². The lowest BCUT2D eigenvalue weighted by Gasteiger charge is -2.18. The molecule has 3 N–H and O–H groups in total. The highest BCUT2D eigenvalue weighted by Gasteiger charge is 2.27. The van der Waals surface area contributed by atoms with Gasteiger partial charge in [0, 0.05) is 6.54 Å². The second kappa shape index (κ2) is 7.06. The van der Waals surface area contributed by atoms with Gasteiger partial charge < -0.3 is 20.5 Å². The summed E-state index contributed by atoms with van der Waals surface area (Å²) in [6.45, 7) is 2.80. The molecule has 20 heavy (non-hydrogen) atoms. The van der Waals surface area contributed by atoms with E-state index < -0.39 is 6.10 Å². The number of para-hydroxylation sites is 1. The number of ether oxygens (including phenoxy) is 1. The molecule has 1 heterocycles. The van der Waals surface area contributed by atoms with E-state index in [1.807, 2.05) is 31.2 Å². The van der Waals surface area contributed by atoms with Crippen molar-refractivity contribution in [3.63, 3.8) is 0 Å². The average molecular weight is 343 g/mol. The number of rotatable bonds is 5. The Labute approximate surface area is 126 Å². The van der Waals surface area contributed by atoms with Crippen LogP contribution in [-0.4, -0.2) is 42.4 Å². The van der Waals surface area contributed by atoms with Crippen molar-refractivity contribution in [2.45, 2.75) is 31.6 Å². The molecule has 1 saturated heterocycles. The first kappa shape index (κ1) is 15.3. The zero-order chi connectivity index (χ0) is 14.5. The molecule has 110 valence electrons. The van der Waals surface area contributed by atoms with Crippen LogP contribution in [0.1, 0.15) is 13.3 Å². The van der Waals surface area contributed by atoms with E-state index in [1.165, 1.54) is 0 Å².